The van der Waals surface area contributed by atoms with E-state index in [0.29, 0.717) is 12.5 Å². The average Bonchev–Trinajstić information content (AvgIpc) is 2.76. The molecule has 3 fully saturated rings. The summed E-state index contributed by atoms with van der Waals surface area (Å²) in [5.41, 5.74) is 0. The van der Waals surface area contributed by atoms with E-state index >= 15 is 0 Å². The van der Waals surface area contributed by atoms with Crippen LogP contribution < -0.4 is 0 Å². The van der Waals surface area contributed by atoms with Crippen LogP contribution in [0, 0.1) is 29.6 Å². The summed E-state index contributed by atoms with van der Waals surface area (Å²) in [6, 6.07) is 0. The van der Waals surface area contributed by atoms with Crippen molar-refractivity contribution in [2.45, 2.75) is 32.1 Å². The first-order chi connectivity index (χ1) is 5.90. The highest BCUT2D eigenvalue weighted by Crippen LogP contribution is 2.60. The zero-order valence-electron chi connectivity index (χ0n) is 7.58. The summed E-state index contributed by atoms with van der Waals surface area (Å²) in [4.78, 5) is 0. The third kappa shape index (κ3) is 0.783. The smallest absolute Gasteiger partial charge is 0.0462 e. The van der Waals surface area contributed by atoms with E-state index < -0.39 is 0 Å². The third-order valence-electron chi connectivity index (χ3n) is 4.81. The first kappa shape index (κ1) is 7.37. The Morgan fingerprint density at radius 1 is 1.00 bits per heavy atom. The number of hydrogen-bond acceptors (Lipinski definition) is 1. The molecule has 0 spiro atoms. The maximum absolute atomic E-state index is 9.24. The second-order valence-electron chi connectivity index (χ2n) is 5.09. The Morgan fingerprint density at radius 3 is 2.67 bits per heavy atom. The molecule has 0 aromatic rings. The summed E-state index contributed by atoms with van der Waals surface area (Å²) >= 11 is 0. The van der Waals surface area contributed by atoms with Gasteiger partial charge >= 0.3 is 0 Å². The summed E-state index contributed by atoms with van der Waals surface area (Å²) in [5, 5.41) is 9.24. The lowest BCUT2D eigenvalue weighted by Crippen LogP contribution is -2.23. The third-order valence-corrected chi connectivity index (χ3v) is 4.81. The Bertz CT molecular complexity index is 187. The van der Waals surface area contributed by atoms with Gasteiger partial charge in [0.15, 0.2) is 0 Å². The molecule has 1 nitrogen and oxygen atoms in total. The lowest BCUT2D eigenvalue weighted by Gasteiger charge is -2.27. The van der Waals surface area contributed by atoms with E-state index in [1.807, 2.05) is 0 Å². The maximum Gasteiger partial charge on any atom is 0.0462 e. The molecule has 1 heteroatoms. The Hall–Kier alpha value is -0.0400. The molecule has 0 amide bonds. The molecule has 1 N–H and O–H groups in total. The summed E-state index contributed by atoms with van der Waals surface area (Å²) in [7, 11) is 0. The Labute approximate surface area is 74.2 Å². The molecule has 0 unspecified atom stereocenters. The van der Waals surface area contributed by atoms with E-state index in [9.17, 15) is 5.11 Å². The molecule has 3 aliphatic carbocycles. The fourth-order valence-electron chi connectivity index (χ4n) is 4.43. The minimum Gasteiger partial charge on any atom is -0.396 e. The van der Waals surface area contributed by atoms with Gasteiger partial charge in [0, 0.05) is 6.61 Å². The average molecular weight is 166 g/mol. The van der Waals surface area contributed by atoms with Crippen LogP contribution >= 0.6 is 0 Å². The highest BCUT2D eigenvalue weighted by Gasteiger charge is 2.52. The van der Waals surface area contributed by atoms with Crippen molar-refractivity contribution in [2.75, 3.05) is 6.61 Å². The topological polar surface area (TPSA) is 20.2 Å². The molecule has 5 atom stereocenters. The predicted octanol–water partition coefficient (Wildman–Crippen LogP) is 2.05. The van der Waals surface area contributed by atoms with Gasteiger partial charge in [-0.2, -0.15) is 0 Å². The maximum atomic E-state index is 9.24. The van der Waals surface area contributed by atoms with E-state index in [4.69, 9.17) is 0 Å². The van der Waals surface area contributed by atoms with Gasteiger partial charge < -0.3 is 5.11 Å². The SMILES string of the molecule is OC[C@@H]1CC[C@H]2[C@@H]3CC[C@@H](C3)[C@H]12. The molecule has 0 aromatic carbocycles. The molecular weight excluding hydrogens is 148 g/mol. The fourth-order valence-corrected chi connectivity index (χ4v) is 4.43. The summed E-state index contributed by atoms with van der Waals surface area (Å²) < 4.78 is 0. The van der Waals surface area contributed by atoms with Gasteiger partial charge in [0.1, 0.15) is 0 Å². The summed E-state index contributed by atoms with van der Waals surface area (Å²) in [6.07, 6.45) is 7.23. The number of aliphatic hydroxyl groups excluding tert-OH is 1. The van der Waals surface area contributed by atoms with Gasteiger partial charge in [-0.25, -0.2) is 0 Å². The molecule has 2 bridgehead atoms. The molecule has 0 aliphatic heterocycles. The number of fused-ring (bicyclic) bond motifs is 5. The van der Waals surface area contributed by atoms with Gasteiger partial charge in [-0.3, -0.25) is 0 Å². The molecular formula is C11H18O. The van der Waals surface area contributed by atoms with Gasteiger partial charge in [0.05, 0.1) is 0 Å². The van der Waals surface area contributed by atoms with Gasteiger partial charge in [0.2, 0.25) is 0 Å². The molecule has 0 radical (unpaired) electrons. The van der Waals surface area contributed by atoms with Gasteiger partial charge in [-0.15, -0.1) is 0 Å². The zero-order chi connectivity index (χ0) is 8.13. The van der Waals surface area contributed by atoms with Crippen LogP contribution in [0.4, 0.5) is 0 Å². The predicted molar refractivity (Wildman–Crippen MR) is 47.6 cm³/mol. The number of rotatable bonds is 1. The molecule has 3 rings (SSSR count). The van der Waals surface area contributed by atoms with Crippen molar-refractivity contribution in [3.05, 3.63) is 0 Å². The zero-order valence-corrected chi connectivity index (χ0v) is 7.58. The van der Waals surface area contributed by atoms with Crippen molar-refractivity contribution in [1.82, 2.24) is 0 Å². The van der Waals surface area contributed by atoms with Crippen LogP contribution in [0.15, 0.2) is 0 Å². The Balaban J connectivity index is 1.85. The minimum atomic E-state index is 0.463. The van der Waals surface area contributed by atoms with Crippen molar-refractivity contribution in [1.29, 1.82) is 0 Å². The molecule has 0 aromatic heterocycles. The Morgan fingerprint density at radius 2 is 1.83 bits per heavy atom. The normalized spacial score (nSPS) is 56.2. The first-order valence-corrected chi connectivity index (χ1v) is 5.51. The fraction of sp³-hybridized carbons (Fsp3) is 1.00. The van der Waals surface area contributed by atoms with Crippen molar-refractivity contribution < 1.29 is 5.11 Å². The standard InChI is InChI=1S/C11H18O/c12-6-9-3-4-10-7-1-2-8(5-7)11(9)10/h7-12H,1-6H2/t7-,8+,9+,10+,11-/m1/s1. The second kappa shape index (κ2) is 2.47. The van der Waals surface area contributed by atoms with Gasteiger partial charge in [0.25, 0.3) is 0 Å². The van der Waals surface area contributed by atoms with Crippen LogP contribution in [0.5, 0.6) is 0 Å². The molecule has 3 saturated carbocycles. The summed E-state index contributed by atoms with van der Waals surface area (Å²) in [5.74, 6) is 4.73. The number of hydrogen-bond donors (Lipinski definition) is 1. The first-order valence-electron chi connectivity index (χ1n) is 5.51. The van der Waals surface area contributed by atoms with Crippen LogP contribution in [0.25, 0.3) is 0 Å². The highest BCUT2D eigenvalue weighted by molar-refractivity contribution is 5.02. The Kier molecular flexibility index (Phi) is 1.52. The quantitative estimate of drug-likeness (QED) is 0.632. The second-order valence-corrected chi connectivity index (χ2v) is 5.09. The van der Waals surface area contributed by atoms with Crippen molar-refractivity contribution in [3.8, 4) is 0 Å². The van der Waals surface area contributed by atoms with Crippen LogP contribution in [-0.4, -0.2) is 11.7 Å². The molecule has 68 valence electrons. The van der Waals surface area contributed by atoms with E-state index in [-0.39, 0.29) is 0 Å². The van der Waals surface area contributed by atoms with Crippen molar-refractivity contribution in [3.63, 3.8) is 0 Å². The van der Waals surface area contributed by atoms with Crippen molar-refractivity contribution >= 4 is 0 Å². The monoisotopic (exact) mass is 166 g/mol. The summed E-state index contributed by atoms with van der Waals surface area (Å²) in [6.45, 7) is 0.463. The largest absolute Gasteiger partial charge is 0.396 e. The molecule has 3 aliphatic rings. The van der Waals surface area contributed by atoms with Crippen molar-refractivity contribution in [2.24, 2.45) is 29.6 Å². The lowest BCUT2D eigenvalue weighted by atomic mass is 9.78. The van der Waals surface area contributed by atoms with Crippen LogP contribution in [0.1, 0.15) is 32.1 Å². The van der Waals surface area contributed by atoms with E-state index in [0.717, 1.165) is 23.7 Å². The van der Waals surface area contributed by atoms with E-state index in [2.05, 4.69) is 0 Å². The van der Waals surface area contributed by atoms with Gasteiger partial charge in [-0.1, -0.05) is 0 Å². The highest BCUT2D eigenvalue weighted by atomic mass is 16.3. The minimum absolute atomic E-state index is 0.463. The van der Waals surface area contributed by atoms with E-state index in [1.165, 1.54) is 32.1 Å². The molecule has 12 heavy (non-hydrogen) atoms. The van der Waals surface area contributed by atoms with Crippen LogP contribution in [-0.2, 0) is 0 Å². The molecule has 0 heterocycles. The number of aliphatic hydroxyl groups is 1. The van der Waals surface area contributed by atoms with E-state index in [1.54, 1.807) is 0 Å². The van der Waals surface area contributed by atoms with Crippen LogP contribution in [0.3, 0.4) is 0 Å². The van der Waals surface area contributed by atoms with Gasteiger partial charge in [-0.05, 0) is 61.7 Å². The molecule has 0 saturated heterocycles. The lowest BCUT2D eigenvalue weighted by molar-refractivity contribution is 0.142. The van der Waals surface area contributed by atoms with Crippen LogP contribution in [0.2, 0.25) is 0 Å².